The van der Waals surface area contributed by atoms with E-state index in [9.17, 15) is 0 Å². The Kier molecular flexibility index (Phi) is 5.51. The molecule has 0 amide bonds. The van der Waals surface area contributed by atoms with Crippen molar-refractivity contribution in [2.75, 3.05) is 14.1 Å². The number of hydrogen-bond donors (Lipinski definition) is 0. The van der Waals surface area contributed by atoms with Gasteiger partial charge in [0.15, 0.2) is 0 Å². The molecule has 0 N–H and O–H groups in total. The van der Waals surface area contributed by atoms with E-state index in [2.05, 4.69) is 45.1 Å². The molecule has 11 heavy (non-hydrogen) atoms. The zero-order chi connectivity index (χ0) is 8.85. The maximum Gasteiger partial charge on any atom is 0.0793 e. The average molecular weight is 171 g/mol. The third-order valence-electron chi connectivity index (χ3n) is 2.35. The van der Waals surface area contributed by atoms with Crippen LogP contribution in [0.4, 0.5) is 0 Å². The maximum absolute atomic E-state index is 3.92. The van der Waals surface area contributed by atoms with Gasteiger partial charge < -0.3 is 4.90 Å². The van der Waals surface area contributed by atoms with Crippen LogP contribution < -0.4 is 0 Å². The van der Waals surface area contributed by atoms with Crippen LogP contribution in [0, 0.1) is 0 Å². The summed E-state index contributed by atoms with van der Waals surface area (Å²) in [6.07, 6.45) is 1.27. The molecule has 0 aromatic rings. The van der Waals surface area contributed by atoms with Crippen molar-refractivity contribution in [3.05, 3.63) is 12.3 Å². The van der Waals surface area contributed by atoms with Gasteiger partial charge in [0, 0.05) is 5.67 Å². The highest BCUT2D eigenvalue weighted by Crippen LogP contribution is 2.08. The highest BCUT2D eigenvalue weighted by atomic mass is 28.3. The van der Waals surface area contributed by atoms with Crippen LogP contribution in [-0.4, -0.2) is 33.5 Å². The standard InChI is InChI=1S/C9H21NSi/c1-6-9(10(4)5)11(7-2)8-3/h7,9,11H,2,6,8H2,1,3-5H3. The quantitative estimate of drug-likeness (QED) is 0.571. The molecule has 0 aliphatic rings. The SMILES string of the molecule is C=C[SiH](CC)C(CC)N(C)C. The molecule has 0 rings (SSSR count). The Morgan fingerprint density at radius 2 is 2.00 bits per heavy atom. The van der Waals surface area contributed by atoms with Crippen LogP contribution in [0.25, 0.3) is 0 Å². The van der Waals surface area contributed by atoms with E-state index in [1.165, 1.54) is 12.5 Å². The van der Waals surface area contributed by atoms with Crippen LogP contribution in [0.15, 0.2) is 12.3 Å². The summed E-state index contributed by atoms with van der Waals surface area (Å²) in [6, 6.07) is 1.33. The summed E-state index contributed by atoms with van der Waals surface area (Å²) in [6.45, 7) is 8.47. The van der Waals surface area contributed by atoms with Crippen molar-refractivity contribution in [1.82, 2.24) is 4.90 Å². The molecule has 0 saturated heterocycles. The zero-order valence-corrected chi connectivity index (χ0v) is 9.46. The molecule has 0 fully saturated rings. The molecule has 2 atom stereocenters. The van der Waals surface area contributed by atoms with Gasteiger partial charge in [0.2, 0.25) is 0 Å². The third kappa shape index (κ3) is 3.21. The Bertz CT molecular complexity index is 112. The lowest BCUT2D eigenvalue weighted by atomic mass is 10.4. The summed E-state index contributed by atoms with van der Waals surface area (Å²) < 4.78 is 0. The van der Waals surface area contributed by atoms with Crippen molar-refractivity contribution in [2.24, 2.45) is 0 Å². The first-order valence-corrected chi connectivity index (χ1v) is 6.61. The predicted molar refractivity (Wildman–Crippen MR) is 55.6 cm³/mol. The van der Waals surface area contributed by atoms with E-state index in [-0.39, 0.29) is 0 Å². The van der Waals surface area contributed by atoms with Crippen molar-refractivity contribution < 1.29 is 0 Å². The average Bonchev–Trinajstić information content (AvgIpc) is 1.99. The second-order valence-corrected chi connectivity index (χ2v) is 6.63. The van der Waals surface area contributed by atoms with E-state index in [0.717, 1.165) is 5.67 Å². The summed E-state index contributed by atoms with van der Waals surface area (Å²) >= 11 is 0. The molecule has 0 aliphatic carbocycles. The van der Waals surface area contributed by atoms with Gasteiger partial charge in [0.1, 0.15) is 0 Å². The van der Waals surface area contributed by atoms with Gasteiger partial charge in [-0.1, -0.05) is 19.9 Å². The van der Waals surface area contributed by atoms with Crippen LogP contribution in [-0.2, 0) is 0 Å². The minimum Gasteiger partial charge on any atom is -0.309 e. The van der Waals surface area contributed by atoms with Crippen molar-refractivity contribution in [1.29, 1.82) is 0 Å². The number of hydrogen-bond acceptors (Lipinski definition) is 1. The molecular weight excluding hydrogens is 150 g/mol. The van der Waals surface area contributed by atoms with E-state index in [4.69, 9.17) is 0 Å². The van der Waals surface area contributed by atoms with Crippen LogP contribution >= 0.6 is 0 Å². The first kappa shape index (κ1) is 10.9. The molecule has 0 heterocycles. The van der Waals surface area contributed by atoms with Crippen LogP contribution in [0.5, 0.6) is 0 Å². The molecule has 1 nitrogen and oxygen atoms in total. The minimum absolute atomic E-state index is 0.675. The van der Waals surface area contributed by atoms with Gasteiger partial charge in [0.05, 0.1) is 8.80 Å². The van der Waals surface area contributed by atoms with E-state index in [1.807, 2.05) is 0 Å². The summed E-state index contributed by atoms with van der Waals surface area (Å²) in [5.41, 5.74) is 3.02. The third-order valence-corrected chi connectivity index (χ3v) is 5.95. The van der Waals surface area contributed by atoms with Gasteiger partial charge in [-0.15, -0.1) is 12.3 Å². The predicted octanol–water partition coefficient (Wildman–Crippen LogP) is 1.84. The van der Waals surface area contributed by atoms with Crippen LogP contribution in [0.1, 0.15) is 20.3 Å². The molecular formula is C9H21NSi. The Hall–Kier alpha value is -0.0831. The first-order valence-electron chi connectivity index (χ1n) is 4.46. The highest BCUT2D eigenvalue weighted by Gasteiger charge is 2.17. The molecule has 0 saturated carbocycles. The molecule has 66 valence electrons. The van der Waals surface area contributed by atoms with Gasteiger partial charge >= 0.3 is 0 Å². The van der Waals surface area contributed by atoms with Gasteiger partial charge in [-0.3, -0.25) is 0 Å². The monoisotopic (exact) mass is 171 g/mol. The molecule has 0 spiro atoms. The summed E-state index contributed by atoms with van der Waals surface area (Å²) in [5.74, 6) is 0. The largest absolute Gasteiger partial charge is 0.309 e. The summed E-state index contributed by atoms with van der Waals surface area (Å²) in [7, 11) is 3.67. The lowest BCUT2D eigenvalue weighted by Crippen LogP contribution is -2.40. The van der Waals surface area contributed by atoms with E-state index in [1.54, 1.807) is 0 Å². The lowest BCUT2D eigenvalue weighted by molar-refractivity contribution is 0.361. The number of nitrogens with zero attached hydrogens (tertiary/aromatic N) is 1. The molecule has 2 heteroatoms. The van der Waals surface area contributed by atoms with Gasteiger partial charge in [-0.2, -0.15) is 0 Å². The van der Waals surface area contributed by atoms with Gasteiger partial charge in [-0.05, 0) is 20.5 Å². The van der Waals surface area contributed by atoms with Crippen molar-refractivity contribution in [3.63, 3.8) is 0 Å². The fraction of sp³-hybridized carbons (Fsp3) is 0.778. The fourth-order valence-electron chi connectivity index (χ4n) is 1.65. The van der Waals surface area contributed by atoms with E-state index < -0.39 is 8.80 Å². The van der Waals surface area contributed by atoms with Crippen molar-refractivity contribution >= 4 is 8.80 Å². The van der Waals surface area contributed by atoms with Crippen molar-refractivity contribution in [3.8, 4) is 0 Å². The minimum atomic E-state index is -0.675. The highest BCUT2D eigenvalue weighted by molar-refractivity contribution is 6.65. The second kappa shape index (κ2) is 5.55. The molecule has 0 aromatic carbocycles. The fourth-order valence-corrected chi connectivity index (χ4v) is 4.21. The number of rotatable bonds is 5. The van der Waals surface area contributed by atoms with E-state index in [0.29, 0.717) is 0 Å². The Morgan fingerprint density at radius 1 is 1.45 bits per heavy atom. The Balaban J connectivity index is 4.08. The smallest absolute Gasteiger partial charge is 0.0793 e. The molecule has 0 aromatic heterocycles. The van der Waals surface area contributed by atoms with Crippen LogP contribution in [0.2, 0.25) is 6.04 Å². The molecule has 0 bridgehead atoms. The van der Waals surface area contributed by atoms with Gasteiger partial charge in [0.25, 0.3) is 0 Å². The van der Waals surface area contributed by atoms with Crippen molar-refractivity contribution in [2.45, 2.75) is 32.0 Å². The van der Waals surface area contributed by atoms with Gasteiger partial charge in [-0.25, -0.2) is 0 Å². The summed E-state index contributed by atoms with van der Waals surface area (Å²) in [5, 5.41) is 0. The first-order chi connectivity index (χ1) is 5.17. The summed E-state index contributed by atoms with van der Waals surface area (Å²) in [4.78, 5) is 2.35. The normalized spacial score (nSPS) is 16.5. The maximum atomic E-state index is 3.92. The topological polar surface area (TPSA) is 3.24 Å². The molecule has 2 unspecified atom stereocenters. The zero-order valence-electron chi connectivity index (χ0n) is 8.30. The van der Waals surface area contributed by atoms with E-state index >= 15 is 0 Å². The Labute approximate surface area is 72.7 Å². The van der Waals surface area contributed by atoms with Crippen LogP contribution in [0.3, 0.4) is 0 Å². The lowest BCUT2D eigenvalue weighted by Gasteiger charge is -2.27. The molecule has 0 radical (unpaired) electrons. The molecule has 0 aliphatic heterocycles. The second-order valence-electron chi connectivity index (χ2n) is 3.25. The Morgan fingerprint density at radius 3 is 2.09 bits per heavy atom.